The van der Waals surface area contributed by atoms with E-state index in [1.54, 1.807) is 18.1 Å². The van der Waals surface area contributed by atoms with E-state index >= 15 is 0 Å². The molecule has 3 aromatic rings. The van der Waals surface area contributed by atoms with Crippen LogP contribution in [-0.4, -0.2) is 55.0 Å². The number of rotatable bonds is 8. The van der Waals surface area contributed by atoms with E-state index in [0.29, 0.717) is 30.0 Å². The fourth-order valence-corrected chi connectivity index (χ4v) is 7.78. The average molecular weight is 588 g/mol. The van der Waals surface area contributed by atoms with Crippen molar-refractivity contribution in [2.24, 2.45) is 0 Å². The molecule has 214 valence electrons. The molecule has 0 bridgehead atoms. The zero-order chi connectivity index (χ0) is 28.9. The number of aromatic nitrogens is 4. The van der Waals surface area contributed by atoms with Crippen LogP contribution in [0.3, 0.4) is 0 Å². The number of ether oxygens (including phenoxy) is 1. The fraction of sp³-hybridized carbons (Fsp3) is 0.607. The minimum Gasteiger partial charge on any atom is -0.414 e. The molecule has 0 radical (unpaired) electrons. The summed E-state index contributed by atoms with van der Waals surface area (Å²) in [5.74, 6) is 0.350. The van der Waals surface area contributed by atoms with E-state index in [1.807, 2.05) is 22.8 Å². The molecule has 4 rings (SSSR count). The van der Waals surface area contributed by atoms with Crippen molar-refractivity contribution in [1.82, 2.24) is 19.5 Å². The lowest BCUT2D eigenvalue weighted by Crippen LogP contribution is -2.48. The van der Waals surface area contributed by atoms with Gasteiger partial charge in [0.25, 0.3) is 0 Å². The van der Waals surface area contributed by atoms with Gasteiger partial charge in [-0.25, -0.2) is 15.0 Å². The molecule has 0 unspecified atom stereocenters. The molecule has 3 heterocycles. The summed E-state index contributed by atoms with van der Waals surface area (Å²) in [6.07, 6.45) is 3.43. The van der Waals surface area contributed by atoms with Crippen LogP contribution in [0.4, 0.5) is 5.82 Å². The predicted molar refractivity (Wildman–Crippen MR) is 165 cm³/mol. The highest BCUT2D eigenvalue weighted by atomic mass is 32.2. The monoisotopic (exact) mass is 587 g/mol. The molecule has 2 aromatic heterocycles. The first kappa shape index (κ1) is 30.2. The van der Waals surface area contributed by atoms with Gasteiger partial charge in [-0.15, -0.1) is 0 Å². The van der Waals surface area contributed by atoms with Gasteiger partial charge in [0, 0.05) is 11.3 Å². The van der Waals surface area contributed by atoms with Crippen LogP contribution in [0, 0.1) is 0 Å². The van der Waals surface area contributed by atoms with E-state index in [9.17, 15) is 0 Å². The first-order valence-electron chi connectivity index (χ1n) is 13.6. The largest absolute Gasteiger partial charge is 0.414 e. The van der Waals surface area contributed by atoms with Gasteiger partial charge in [-0.1, -0.05) is 71.5 Å². The summed E-state index contributed by atoms with van der Waals surface area (Å²) < 4.78 is 23.0. The normalized spacial score (nSPS) is 23.0. The van der Waals surface area contributed by atoms with Crippen molar-refractivity contribution in [1.29, 1.82) is 0 Å². The second-order valence-corrected chi connectivity index (χ2v) is 24.4. The predicted octanol–water partition coefficient (Wildman–Crippen LogP) is 7.01. The molecule has 0 aliphatic carbocycles. The Bertz CT molecular complexity index is 1290. The molecule has 11 heteroatoms. The van der Waals surface area contributed by atoms with Gasteiger partial charge in [0.05, 0.1) is 12.7 Å². The molecule has 1 aliphatic rings. The zero-order valence-corrected chi connectivity index (χ0v) is 27.9. The van der Waals surface area contributed by atoms with Crippen molar-refractivity contribution < 1.29 is 13.6 Å². The van der Waals surface area contributed by atoms with Crippen LogP contribution in [0.15, 0.2) is 47.9 Å². The van der Waals surface area contributed by atoms with Gasteiger partial charge < -0.3 is 19.3 Å². The molecular formula is C28H45N5O3SSi2. The van der Waals surface area contributed by atoms with E-state index in [2.05, 4.69) is 94.8 Å². The van der Waals surface area contributed by atoms with Crippen LogP contribution < -0.4 is 5.73 Å². The van der Waals surface area contributed by atoms with Crippen LogP contribution in [0.5, 0.6) is 0 Å². The second kappa shape index (κ2) is 10.6. The third-order valence-corrected chi connectivity index (χ3v) is 18.9. The molecule has 39 heavy (non-hydrogen) atoms. The Morgan fingerprint density at radius 3 is 2.26 bits per heavy atom. The van der Waals surface area contributed by atoms with E-state index in [1.165, 1.54) is 6.33 Å². The van der Waals surface area contributed by atoms with Gasteiger partial charge in [-0.2, -0.15) is 0 Å². The molecule has 2 N–H and O–H groups in total. The Morgan fingerprint density at radius 2 is 1.64 bits per heavy atom. The van der Waals surface area contributed by atoms with E-state index in [0.717, 1.165) is 4.90 Å². The lowest BCUT2D eigenvalue weighted by atomic mass is 10.2. The molecule has 0 saturated carbocycles. The maximum atomic E-state index is 7.10. The summed E-state index contributed by atoms with van der Waals surface area (Å²) in [4.78, 5) is 14.4. The molecule has 1 aliphatic heterocycles. The van der Waals surface area contributed by atoms with Crippen LogP contribution >= 0.6 is 11.8 Å². The Hall–Kier alpha value is -1.77. The smallest absolute Gasteiger partial charge is 0.203 e. The van der Waals surface area contributed by atoms with Gasteiger partial charge in [-0.05, 0) is 48.4 Å². The molecule has 0 spiro atoms. The van der Waals surface area contributed by atoms with E-state index in [4.69, 9.17) is 19.3 Å². The maximum absolute atomic E-state index is 7.10. The summed E-state index contributed by atoms with van der Waals surface area (Å²) in [6.45, 7) is 23.2. The fourth-order valence-electron chi connectivity index (χ4n) is 4.11. The molecule has 1 saturated heterocycles. The third-order valence-electron chi connectivity index (χ3n) is 8.63. The first-order valence-corrected chi connectivity index (χ1v) is 20.3. The second-order valence-electron chi connectivity index (χ2n) is 13.5. The number of hydrogen-bond acceptors (Lipinski definition) is 8. The number of nitrogens with zero attached hydrogens (tertiary/aromatic N) is 4. The molecule has 3 atom stereocenters. The number of benzene rings is 1. The van der Waals surface area contributed by atoms with Crippen LogP contribution in [0.1, 0.15) is 48.0 Å². The van der Waals surface area contributed by atoms with E-state index in [-0.39, 0.29) is 22.3 Å². The van der Waals surface area contributed by atoms with Crippen LogP contribution in [-0.2, 0) is 18.6 Å². The standard InChI is InChI=1S/C28H45N5O3SSi2/c1-26(2,3)38(7,8)34-17-22-21(36-39(9,10)27(4,5)6)16-28(35-22,37-20-14-12-11-13-15-20)33-19-32-23-24(29)30-18-31-25(23)33/h11-15,18-19,21-22H,16-17H2,1-10H3,(H2,29,30,31)/t21-,22+,28+/m0/s1. The quantitative estimate of drug-likeness (QED) is 0.281. The highest BCUT2D eigenvalue weighted by molar-refractivity contribution is 8.00. The molecule has 8 nitrogen and oxygen atoms in total. The number of hydrogen-bond donors (Lipinski definition) is 1. The molecule has 0 amide bonds. The Kier molecular flexibility index (Phi) is 8.18. The van der Waals surface area contributed by atoms with Crippen molar-refractivity contribution in [3.05, 3.63) is 43.0 Å². The number of nitrogens with two attached hydrogens (primary N) is 1. The van der Waals surface area contributed by atoms with Crippen LogP contribution in [0.25, 0.3) is 11.2 Å². The summed E-state index contributed by atoms with van der Waals surface area (Å²) in [7, 11) is -4.15. The Labute approximate surface area is 239 Å². The topological polar surface area (TPSA) is 97.3 Å². The molecular weight excluding hydrogens is 543 g/mol. The summed E-state index contributed by atoms with van der Waals surface area (Å²) in [5.41, 5.74) is 7.39. The van der Waals surface area contributed by atoms with Gasteiger partial charge in [0.15, 0.2) is 28.1 Å². The number of anilines is 1. The summed E-state index contributed by atoms with van der Waals surface area (Å²) >= 11 is 1.65. The number of imidazole rings is 1. The highest BCUT2D eigenvalue weighted by Gasteiger charge is 2.54. The zero-order valence-electron chi connectivity index (χ0n) is 25.1. The third kappa shape index (κ3) is 6.13. The molecule has 1 fully saturated rings. The minimum absolute atomic E-state index is 0.0546. The maximum Gasteiger partial charge on any atom is 0.203 e. The number of fused-ring (bicyclic) bond motifs is 1. The minimum atomic E-state index is -2.13. The lowest BCUT2D eigenvalue weighted by molar-refractivity contribution is -0.0574. The number of thioether (sulfide) groups is 1. The molecule has 1 aromatic carbocycles. The van der Waals surface area contributed by atoms with Crippen molar-refractivity contribution in [3.63, 3.8) is 0 Å². The van der Waals surface area contributed by atoms with Crippen LogP contribution in [0.2, 0.25) is 36.3 Å². The summed E-state index contributed by atoms with van der Waals surface area (Å²) in [6, 6.07) is 10.3. The van der Waals surface area contributed by atoms with Gasteiger partial charge in [-0.3, -0.25) is 4.57 Å². The average Bonchev–Trinajstić information content (AvgIpc) is 3.40. The summed E-state index contributed by atoms with van der Waals surface area (Å²) in [5, 5.41) is -0.712. The van der Waals surface area contributed by atoms with Crippen molar-refractivity contribution in [2.75, 3.05) is 12.3 Å². The number of nitrogen functional groups attached to an aromatic ring is 1. The van der Waals surface area contributed by atoms with Gasteiger partial charge in [0.2, 0.25) is 5.06 Å². The Balaban J connectivity index is 1.79. The van der Waals surface area contributed by atoms with E-state index < -0.39 is 21.7 Å². The Morgan fingerprint density at radius 1 is 1.00 bits per heavy atom. The van der Waals surface area contributed by atoms with Crippen molar-refractivity contribution >= 4 is 45.4 Å². The van der Waals surface area contributed by atoms with Gasteiger partial charge in [0.1, 0.15) is 24.3 Å². The SMILES string of the molecule is CC(C)(C)[Si](C)(C)OC[C@H]1O[C@](Sc2ccccc2)(n2cnc3c(N)ncnc32)C[C@@H]1O[Si](C)(C)C(C)(C)C. The highest BCUT2D eigenvalue weighted by Crippen LogP contribution is 2.51. The van der Waals surface area contributed by atoms with Crippen molar-refractivity contribution in [2.45, 2.75) is 106 Å². The van der Waals surface area contributed by atoms with Gasteiger partial charge >= 0.3 is 0 Å². The lowest BCUT2D eigenvalue weighted by Gasteiger charge is -2.40. The van der Waals surface area contributed by atoms with Crippen molar-refractivity contribution in [3.8, 4) is 0 Å². The first-order chi connectivity index (χ1) is 18.0.